The topological polar surface area (TPSA) is 64.2 Å². The van der Waals surface area contributed by atoms with Gasteiger partial charge in [-0.3, -0.25) is 4.99 Å². The minimum absolute atomic E-state index is 0.189. The molecule has 0 spiro atoms. The number of aliphatic imine (C=N–C) groups is 1. The summed E-state index contributed by atoms with van der Waals surface area (Å²) in [6.07, 6.45) is 0. The molecule has 1 aromatic heterocycles. The molecule has 1 aliphatic heterocycles. The summed E-state index contributed by atoms with van der Waals surface area (Å²) in [6.45, 7) is 6.36. The van der Waals surface area contributed by atoms with Gasteiger partial charge in [0, 0.05) is 21.9 Å². The molecule has 0 fully saturated rings. The predicted molar refractivity (Wildman–Crippen MR) is 104 cm³/mol. The van der Waals surface area contributed by atoms with Crippen LogP contribution in [0, 0.1) is 0 Å². The SMILES string of the molecule is CC1c2c(Cl)cccc2C(c2nnc3ccccc3c2N)=NC1(C)C. The molecule has 0 bridgehead atoms. The average Bonchev–Trinajstić information content (AvgIpc) is 2.59. The third-order valence-corrected chi connectivity index (χ3v) is 5.46. The van der Waals surface area contributed by atoms with E-state index in [1.165, 1.54) is 0 Å². The summed E-state index contributed by atoms with van der Waals surface area (Å²) in [5, 5.41) is 10.4. The minimum atomic E-state index is -0.312. The number of fused-ring (bicyclic) bond motifs is 2. The molecule has 1 unspecified atom stereocenters. The third-order valence-electron chi connectivity index (χ3n) is 5.13. The molecule has 2 heterocycles. The molecule has 2 aromatic carbocycles. The van der Waals surface area contributed by atoms with Crippen molar-refractivity contribution >= 4 is 33.9 Å². The van der Waals surface area contributed by atoms with E-state index in [4.69, 9.17) is 22.3 Å². The van der Waals surface area contributed by atoms with E-state index in [0.717, 1.165) is 32.8 Å². The molecule has 2 N–H and O–H groups in total. The number of rotatable bonds is 1. The number of anilines is 1. The van der Waals surface area contributed by atoms with Crippen molar-refractivity contribution < 1.29 is 0 Å². The summed E-state index contributed by atoms with van der Waals surface area (Å²) in [4.78, 5) is 4.99. The maximum absolute atomic E-state index is 6.53. The summed E-state index contributed by atoms with van der Waals surface area (Å²) < 4.78 is 0. The van der Waals surface area contributed by atoms with Crippen molar-refractivity contribution in [3.8, 4) is 0 Å². The average molecular weight is 351 g/mol. The Morgan fingerprint density at radius 3 is 2.60 bits per heavy atom. The van der Waals surface area contributed by atoms with E-state index in [1.807, 2.05) is 42.5 Å². The summed E-state index contributed by atoms with van der Waals surface area (Å²) in [7, 11) is 0. The molecule has 0 aliphatic carbocycles. The first-order valence-corrected chi connectivity index (χ1v) is 8.68. The van der Waals surface area contributed by atoms with E-state index >= 15 is 0 Å². The zero-order valence-corrected chi connectivity index (χ0v) is 15.2. The number of nitrogen functional groups attached to an aromatic ring is 1. The molecule has 4 rings (SSSR count). The van der Waals surface area contributed by atoms with Gasteiger partial charge >= 0.3 is 0 Å². The van der Waals surface area contributed by atoms with Crippen molar-refractivity contribution in [1.82, 2.24) is 10.2 Å². The highest BCUT2D eigenvalue weighted by Gasteiger charge is 2.36. The molecule has 0 amide bonds. The van der Waals surface area contributed by atoms with Crippen LogP contribution in [0.4, 0.5) is 5.69 Å². The summed E-state index contributed by atoms with van der Waals surface area (Å²) in [6, 6.07) is 13.6. The van der Waals surface area contributed by atoms with Crippen molar-refractivity contribution in [2.75, 3.05) is 5.73 Å². The second-order valence-electron chi connectivity index (χ2n) is 7.02. The highest BCUT2D eigenvalue weighted by molar-refractivity contribution is 6.32. The zero-order chi connectivity index (χ0) is 17.8. The normalized spacial score (nSPS) is 18.7. The standard InChI is InChI=1S/C20H19ClN4/c1-11-16-13(8-6-9-14(16)21)18(23-20(11,2)3)19-17(22)12-7-4-5-10-15(12)24-25-19/h4-11H,1-3H3,(H2,22,24). The number of benzene rings is 2. The van der Waals surface area contributed by atoms with Crippen LogP contribution in [-0.4, -0.2) is 21.4 Å². The molecule has 1 atom stereocenters. The molecular formula is C20H19ClN4. The van der Waals surface area contributed by atoms with Crippen LogP contribution in [0.3, 0.4) is 0 Å². The van der Waals surface area contributed by atoms with Gasteiger partial charge in [-0.05, 0) is 31.5 Å². The molecule has 25 heavy (non-hydrogen) atoms. The highest BCUT2D eigenvalue weighted by atomic mass is 35.5. The quantitative estimate of drug-likeness (QED) is 0.697. The Balaban J connectivity index is 2.03. The Kier molecular flexibility index (Phi) is 3.55. The van der Waals surface area contributed by atoms with Gasteiger partial charge in [0.25, 0.3) is 0 Å². The lowest BCUT2D eigenvalue weighted by Crippen LogP contribution is -2.34. The lowest BCUT2D eigenvalue weighted by molar-refractivity contribution is 0.432. The van der Waals surface area contributed by atoms with Gasteiger partial charge in [0.2, 0.25) is 0 Å². The smallest absolute Gasteiger partial charge is 0.135 e. The van der Waals surface area contributed by atoms with Gasteiger partial charge in [0.1, 0.15) is 5.69 Å². The van der Waals surface area contributed by atoms with Gasteiger partial charge < -0.3 is 5.73 Å². The largest absolute Gasteiger partial charge is 0.396 e. The molecule has 5 heteroatoms. The first kappa shape index (κ1) is 16.0. The van der Waals surface area contributed by atoms with Crippen LogP contribution in [0.1, 0.15) is 43.5 Å². The highest BCUT2D eigenvalue weighted by Crippen LogP contribution is 2.42. The monoisotopic (exact) mass is 350 g/mol. The van der Waals surface area contributed by atoms with Crippen molar-refractivity contribution in [3.63, 3.8) is 0 Å². The Bertz CT molecular complexity index is 1020. The molecule has 126 valence electrons. The molecule has 0 saturated heterocycles. The van der Waals surface area contributed by atoms with Gasteiger partial charge in [0.05, 0.1) is 22.5 Å². The Hall–Kier alpha value is -2.46. The second-order valence-corrected chi connectivity index (χ2v) is 7.42. The second kappa shape index (κ2) is 5.53. The maximum Gasteiger partial charge on any atom is 0.135 e. The fourth-order valence-corrected chi connectivity index (χ4v) is 3.75. The van der Waals surface area contributed by atoms with Crippen LogP contribution >= 0.6 is 11.6 Å². The van der Waals surface area contributed by atoms with Crippen molar-refractivity contribution in [3.05, 3.63) is 64.3 Å². The van der Waals surface area contributed by atoms with Gasteiger partial charge in [-0.15, -0.1) is 10.2 Å². The summed E-state index contributed by atoms with van der Waals surface area (Å²) in [5.74, 6) is 0.189. The van der Waals surface area contributed by atoms with E-state index in [-0.39, 0.29) is 11.5 Å². The zero-order valence-electron chi connectivity index (χ0n) is 14.4. The summed E-state index contributed by atoms with van der Waals surface area (Å²) >= 11 is 6.53. The summed E-state index contributed by atoms with van der Waals surface area (Å²) in [5.41, 5.74) is 11.0. The van der Waals surface area contributed by atoms with E-state index in [9.17, 15) is 0 Å². The van der Waals surface area contributed by atoms with E-state index < -0.39 is 0 Å². The Labute approximate surface area is 151 Å². The number of hydrogen-bond acceptors (Lipinski definition) is 4. The lowest BCUT2D eigenvalue weighted by atomic mass is 9.77. The first-order chi connectivity index (χ1) is 11.9. The number of nitrogens with zero attached hydrogens (tertiary/aromatic N) is 3. The van der Waals surface area contributed by atoms with Crippen LogP contribution in [0.5, 0.6) is 0 Å². The van der Waals surface area contributed by atoms with Crippen molar-refractivity contribution in [1.29, 1.82) is 0 Å². The number of nitrogens with two attached hydrogens (primary N) is 1. The van der Waals surface area contributed by atoms with Crippen LogP contribution in [0.15, 0.2) is 47.5 Å². The Morgan fingerprint density at radius 1 is 1.04 bits per heavy atom. The van der Waals surface area contributed by atoms with Crippen LogP contribution in [0.2, 0.25) is 5.02 Å². The van der Waals surface area contributed by atoms with Gasteiger partial charge in [-0.2, -0.15) is 0 Å². The van der Waals surface area contributed by atoms with E-state index in [0.29, 0.717) is 11.4 Å². The number of hydrogen-bond donors (Lipinski definition) is 1. The van der Waals surface area contributed by atoms with Crippen LogP contribution < -0.4 is 5.73 Å². The van der Waals surface area contributed by atoms with Crippen LogP contribution in [-0.2, 0) is 0 Å². The molecule has 0 radical (unpaired) electrons. The fraction of sp³-hybridized carbons (Fsp3) is 0.250. The van der Waals surface area contributed by atoms with E-state index in [2.05, 4.69) is 31.0 Å². The molecule has 3 aromatic rings. The minimum Gasteiger partial charge on any atom is -0.396 e. The van der Waals surface area contributed by atoms with Gasteiger partial charge in [-0.1, -0.05) is 48.9 Å². The number of halogens is 1. The molecular weight excluding hydrogens is 332 g/mol. The Morgan fingerprint density at radius 2 is 1.80 bits per heavy atom. The number of aromatic nitrogens is 2. The molecule has 0 saturated carbocycles. The fourth-order valence-electron chi connectivity index (χ4n) is 3.41. The van der Waals surface area contributed by atoms with Crippen LogP contribution in [0.25, 0.3) is 10.9 Å². The van der Waals surface area contributed by atoms with E-state index in [1.54, 1.807) is 0 Å². The maximum atomic E-state index is 6.53. The van der Waals surface area contributed by atoms with Crippen molar-refractivity contribution in [2.45, 2.75) is 32.2 Å². The lowest BCUT2D eigenvalue weighted by Gasteiger charge is -2.36. The first-order valence-electron chi connectivity index (χ1n) is 8.30. The van der Waals surface area contributed by atoms with Gasteiger partial charge in [-0.25, -0.2) is 0 Å². The van der Waals surface area contributed by atoms with Gasteiger partial charge in [0.15, 0.2) is 0 Å². The molecule has 1 aliphatic rings. The molecule has 4 nitrogen and oxygen atoms in total. The van der Waals surface area contributed by atoms with Crippen molar-refractivity contribution in [2.24, 2.45) is 4.99 Å². The third kappa shape index (κ3) is 2.40. The predicted octanol–water partition coefficient (Wildman–Crippen LogP) is 4.60.